The van der Waals surface area contributed by atoms with Crippen LogP contribution in [-0.4, -0.2) is 68.1 Å². The predicted molar refractivity (Wildman–Crippen MR) is 119 cm³/mol. The largest absolute Gasteiger partial charge is 0.381 e. The lowest BCUT2D eigenvalue weighted by molar-refractivity contribution is 0.0120. The third-order valence-corrected chi connectivity index (χ3v) is 6.33. The molecular weight excluding hydrogens is 428 g/mol. The van der Waals surface area contributed by atoms with Gasteiger partial charge in [-0.2, -0.15) is 5.10 Å². The molecule has 33 heavy (non-hydrogen) atoms. The number of benzene rings is 1. The summed E-state index contributed by atoms with van der Waals surface area (Å²) in [5.74, 6) is -2.90. The Morgan fingerprint density at radius 2 is 2.03 bits per heavy atom. The van der Waals surface area contributed by atoms with Crippen molar-refractivity contribution in [3.8, 4) is 17.1 Å². The highest BCUT2D eigenvalue weighted by Gasteiger charge is 2.40. The molecule has 2 aliphatic heterocycles. The maximum Gasteiger partial charge on any atom is 0.267 e. The fourth-order valence-corrected chi connectivity index (χ4v) is 4.55. The van der Waals surface area contributed by atoms with Crippen molar-refractivity contribution in [1.29, 1.82) is 0 Å². The highest BCUT2D eigenvalue weighted by Crippen LogP contribution is 2.30. The first-order valence-corrected chi connectivity index (χ1v) is 10.9. The number of aromatic nitrogens is 4. The van der Waals surface area contributed by atoms with Crippen molar-refractivity contribution < 1.29 is 13.6 Å². The lowest BCUT2D eigenvalue weighted by Crippen LogP contribution is -2.31. The summed E-state index contributed by atoms with van der Waals surface area (Å²) in [4.78, 5) is 25.0. The minimum Gasteiger partial charge on any atom is -0.381 e. The molecule has 1 fully saturated rings. The molecule has 1 amide bonds. The van der Waals surface area contributed by atoms with Crippen molar-refractivity contribution in [3.05, 3.63) is 53.0 Å². The minimum atomic E-state index is -2.85. The summed E-state index contributed by atoms with van der Waals surface area (Å²) < 4.78 is 28.4. The molecule has 3 aromatic rings. The molecule has 0 aliphatic carbocycles. The van der Waals surface area contributed by atoms with Gasteiger partial charge in [-0.3, -0.25) is 4.79 Å². The Kier molecular flexibility index (Phi) is 5.12. The summed E-state index contributed by atoms with van der Waals surface area (Å²) in [6, 6.07) is 4.23. The average molecular weight is 453 g/mol. The number of likely N-dealkylation sites (tertiary alicyclic amines) is 1. The van der Waals surface area contributed by atoms with Gasteiger partial charge in [-0.15, -0.1) is 0 Å². The quantitative estimate of drug-likeness (QED) is 0.656. The Labute approximate surface area is 190 Å². The fourth-order valence-electron chi connectivity index (χ4n) is 4.55. The van der Waals surface area contributed by atoms with E-state index in [9.17, 15) is 13.6 Å². The number of alkyl halides is 2. The van der Waals surface area contributed by atoms with Crippen LogP contribution in [0, 0.1) is 6.92 Å². The molecule has 8 nitrogen and oxygen atoms in total. The molecule has 1 aromatic carbocycles. The zero-order chi connectivity index (χ0) is 23.3. The lowest BCUT2D eigenvalue weighted by atomic mass is 9.92. The van der Waals surface area contributed by atoms with Crippen molar-refractivity contribution in [2.45, 2.75) is 32.2 Å². The molecular formula is C23H25F2N7O. The zero-order valence-corrected chi connectivity index (χ0v) is 18.6. The van der Waals surface area contributed by atoms with E-state index in [0.29, 0.717) is 5.69 Å². The Morgan fingerprint density at radius 3 is 2.79 bits per heavy atom. The van der Waals surface area contributed by atoms with Gasteiger partial charge < -0.3 is 15.5 Å². The van der Waals surface area contributed by atoms with Crippen molar-refractivity contribution in [3.63, 3.8) is 0 Å². The summed E-state index contributed by atoms with van der Waals surface area (Å²) in [6.07, 6.45) is 5.10. The van der Waals surface area contributed by atoms with E-state index in [0.717, 1.165) is 30.0 Å². The first-order chi connectivity index (χ1) is 15.7. The lowest BCUT2D eigenvalue weighted by Gasteiger charge is -2.27. The summed E-state index contributed by atoms with van der Waals surface area (Å²) in [7, 11) is 2.10. The molecule has 10 heteroatoms. The van der Waals surface area contributed by atoms with Gasteiger partial charge in [-0.25, -0.2) is 23.4 Å². The van der Waals surface area contributed by atoms with Crippen LogP contribution in [0.15, 0.2) is 30.7 Å². The molecule has 0 saturated carbocycles. The molecule has 0 spiro atoms. The molecule has 0 atom stereocenters. The third kappa shape index (κ3) is 4.06. The number of halogens is 2. The second-order valence-electron chi connectivity index (χ2n) is 8.89. The van der Waals surface area contributed by atoms with E-state index in [2.05, 4.69) is 46.1 Å². The first-order valence-electron chi connectivity index (χ1n) is 10.9. The number of likely N-dealkylation sites (N-methyl/N-ethyl adjacent to an activating group) is 1. The van der Waals surface area contributed by atoms with Crippen LogP contribution in [0.25, 0.3) is 17.1 Å². The number of fused-ring (bicyclic) bond motifs is 1. The van der Waals surface area contributed by atoms with Gasteiger partial charge in [-0.05, 0) is 49.2 Å². The van der Waals surface area contributed by atoms with E-state index in [4.69, 9.17) is 5.73 Å². The van der Waals surface area contributed by atoms with Crippen LogP contribution in [0.5, 0.6) is 0 Å². The van der Waals surface area contributed by atoms with Gasteiger partial charge in [0.05, 0.1) is 30.2 Å². The Bertz CT molecular complexity index is 1240. The number of carbonyl (C=O) groups excluding carboxylic acids is 1. The van der Waals surface area contributed by atoms with Gasteiger partial charge in [0, 0.05) is 37.8 Å². The van der Waals surface area contributed by atoms with Crippen molar-refractivity contribution in [1.82, 2.24) is 29.5 Å². The van der Waals surface area contributed by atoms with Crippen molar-refractivity contribution in [2.24, 2.45) is 0 Å². The monoisotopic (exact) mass is 453 g/mol. The van der Waals surface area contributed by atoms with Crippen LogP contribution in [0.4, 0.5) is 14.6 Å². The van der Waals surface area contributed by atoms with Gasteiger partial charge in [0.15, 0.2) is 11.6 Å². The number of anilines is 1. The Hall–Kier alpha value is -3.40. The zero-order valence-electron chi connectivity index (χ0n) is 18.6. The van der Waals surface area contributed by atoms with Gasteiger partial charge >= 0.3 is 0 Å². The summed E-state index contributed by atoms with van der Waals surface area (Å²) in [6.45, 7) is 3.45. The molecule has 0 bridgehead atoms. The molecule has 5 rings (SSSR count). The molecule has 1 saturated heterocycles. The van der Waals surface area contributed by atoms with Crippen LogP contribution >= 0.6 is 0 Å². The molecule has 0 radical (unpaired) electrons. The maximum atomic E-state index is 13.5. The number of nitrogens with two attached hydrogens (primary N) is 1. The number of aryl methyl sites for hydroxylation is 1. The molecule has 0 unspecified atom stereocenters. The summed E-state index contributed by atoms with van der Waals surface area (Å²) in [5.41, 5.74) is 11.7. The van der Waals surface area contributed by atoms with E-state index in [1.165, 1.54) is 33.8 Å². The molecule has 2 N–H and O–H groups in total. The average Bonchev–Trinajstić information content (AvgIpc) is 3.40. The minimum absolute atomic E-state index is 0.0152. The van der Waals surface area contributed by atoms with Crippen LogP contribution in [0.3, 0.4) is 0 Å². The van der Waals surface area contributed by atoms with Crippen LogP contribution in [0.1, 0.15) is 33.5 Å². The van der Waals surface area contributed by atoms with E-state index in [1.807, 2.05) is 0 Å². The topological polar surface area (TPSA) is 93.2 Å². The van der Waals surface area contributed by atoms with Crippen molar-refractivity contribution >= 4 is 11.7 Å². The number of nitrogen functional groups attached to an aromatic ring is 1. The van der Waals surface area contributed by atoms with Crippen LogP contribution in [0.2, 0.25) is 0 Å². The van der Waals surface area contributed by atoms with E-state index in [1.54, 1.807) is 6.20 Å². The first kappa shape index (κ1) is 21.4. The highest BCUT2D eigenvalue weighted by molar-refractivity contribution is 5.94. The smallest absolute Gasteiger partial charge is 0.267 e. The maximum absolute atomic E-state index is 13.5. The van der Waals surface area contributed by atoms with Gasteiger partial charge in [0.1, 0.15) is 0 Å². The normalized spacial score (nSPS) is 17.9. The Balaban J connectivity index is 1.45. The number of carbonyl (C=O) groups is 1. The van der Waals surface area contributed by atoms with E-state index in [-0.39, 0.29) is 30.2 Å². The Morgan fingerprint density at radius 1 is 1.21 bits per heavy atom. The second-order valence-corrected chi connectivity index (χ2v) is 8.89. The number of amides is 1. The van der Waals surface area contributed by atoms with Gasteiger partial charge in [0.2, 0.25) is 0 Å². The molecule has 172 valence electrons. The molecule has 2 aromatic heterocycles. The highest BCUT2D eigenvalue weighted by atomic mass is 19.3. The number of hydrogen-bond donors (Lipinski definition) is 1. The van der Waals surface area contributed by atoms with Gasteiger partial charge in [0.25, 0.3) is 11.8 Å². The fraction of sp³-hybridized carbons (Fsp3) is 0.391. The summed E-state index contributed by atoms with van der Waals surface area (Å²) >= 11 is 0. The predicted octanol–water partition coefficient (Wildman–Crippen LogP) is 2.69. The standard InChI is InChI=1S/C23H25F2N7O/c1-14-7-15(8-16-11-30(2)5-3-18(14)16)19-10-27-20(26)21(29-19)32-12-17(9-28-32)22(33)31-6-4-23(24,25)13-31/h7-10,12H,3-6,11,13H2,1-2H3,(H2,26,27). The summed E-state index contributed by atoms with van der Waals surface area (Å²) in [5, 5.41) is 4.20. The SMILES string of the molecule is Cc1cc(-c2cnc(N)c(-n3cc(C(=O)N4CCC(F)(F)C4)cn3)n2)cc2c1CCN(C)C2. The number of hydrogen-bond acceptors (Lipinski definition) is 6. The van der Waals surface area contributed by atoms with E-state index >= 15 is 0 Å². The number of rotatable bonds is 3. The third-order valence-electron chi connectivity index (χ3n) is 6.33. The molecule has 2 aliphatic rings. The second kappa shape index (κ2) is 7.87. The van der Waals surface area contributed by atoms with Crippen LogP contribution in [-0.2, 0) is 13.0 Å². The van der Waals surface area contributed by atoms with Gasteiger partial charge in [-0.1, -0.05) is 0 Å². The van der Waals surface area contributed by atoms with Crippen LogP contribution < -0.4 is 5.73 Å². The number of nitrogens with zero attached hydrogens (tertiary/aromatic N) is 6. The molecule has 4 heterocycles. The van der Waals surface area contributed by atoms with E-state index < -0.39 is 18.4 Å². The van der Waals surface area contributed by atoms with Crippen molar-refractivity contribution in [2.75, 3.05) is 32.4 Å².